The van der Waals surface area contributed by atoms with Crippen molar-refractivity contribution < 1.29 is 29.0 Å². The van der Waals surface area contributed by atoms with E-state index in [1.54, 1.807) is 0 Å². The molecule has 3 N–H and O–H groups in total. The van der Waals surface area contributed by atoms with E-state index >= 15 is 0 Å². The summed E-state index contributed by atoms with van der Waals surface area (Å²) in [6.45, 7) is 0. The van der Waals surface area contributed by atoms with E-state index in [4.69, 9.17) is 10.8 Å². The van der Waals surface area contributed by atoms with Crippen molar-refractivity contribution in [3.63, 3.8) is 0 Å². The molecule has 19 heavy (non-hydrogen) atoms. The van der Waals surface area contributed by atoms with Crippen LogP contribution in [-0.4, -0.2) is 37.2 Å². The van der Waals surface area contributed by atoms with E-state index in [-0.39, 0.29) is 16.7 Å². The summed E-state index contributed by atoms with van der Waals surface area (Å²) in [5.41, 5.74) is 5.56. The van der Waals surface area contributed by atoms with Gasteiger partial charge in [-0.25, -0.2) is 9.59 Å². The monoisotopic (exact) mass is 267 g/mol. The lowest BCUT2D eigenvalue weighted by atomic mass is 9.98. The Hall–Kier alpha value is -2.41. The molecule has 1 atom stereocenters. The number of benzene rings is 1. The van der Waals surface area contributed by atoms with Crippen molar-refractivity contribution >= 4 is 17.9 Å². The number of nitrogens with two attached hydrogens (primary N) is 1. The first-order valence-corrected chi connectivity index (χ1v) is 5.21. The van der Waals surface area contributed by atoms with Gasteiger partial charge in [0.25, 0.3) is 0 Å². The van der Waals surface area contributed by atoms with Gasteiger partial charge >= 0.3 is 17.9 Å². The molecule has 0 heterocycles. The van der Waals surface area contributed by atoms with Crippen molar-refractivity contribution in [2.24, 2.45) is 5.73 Å². The minimum atomic E-state index is -1.45. The van der Waals surface area contributed by atoms with Gasteiger partial charge in [-0.2, -0.15) is 0 Å². The Morgan fingerprint density at radius 1 is 1.16 bits per heavy atom. The number of ether oxygens (including phenoxy) is 2. The second-order valence-electron chi connectivity index (χ2n) is 3.60. The normalized spacial score (nSPS) is 11.5. The summed E-state index contributed by atoms with van der Waals surface area (Å²) in [5.74, 6) is -2.72. The van der Waals surface area contributed by atoms with Gasteiger partial charge in [-0.15, -0.1) is 0 Å². The summed E-state index contributed by atoms with van der Waals surface area (Å²) >= 11 is 0. The fourth-order valence-corrected chi connectivity index (χ4v) is 1.49. The molecule has 1 aromatic rings. The van der Waals surface area contributed by atoms with E-state index in [2.05, 4.69) is 9.47 Å². The van der Waals surface area contributed by atoms with Gasteiger partial charge in [-0.1, -0.05) is 0 Å². The Morgan fingerprint density at radius 3 is 2.21 bits per heavy atom. The van der Waals surface area contributed by atoms with E-state index in [0.717, 1.165) is 7.11 Å². The number of carboxylic acid groups (broad SMARTS) is 1. The zero-order valence-corrected chi connectivity index (χ0v) is 10.4. The van der Waals surface area contributed by atoms with Crippen LogP contribution in [0.25, 0.3) is 0 Å². The maximum absolute atomic E-state index is 11.5. The van der Waals surface area contributed by atoms with Crippen LogP contribution in [0.1, 0.15) is 32.3 Å². The molecule has 1 aromatic carbocycles. The predicted octanol–water partition coefficient (Wildman–Crippen LogP) is 0.344. The first-order chi connectivity index (χ1) is 8.92. The molecule has 0 saturated heterocycles. The van der Waals surface area contributed by atoms with Gasteiger partial charge in [0.05, 0.1) is 25.3 Å². The van der Waals surface area contributed by atoms with E-state index in [0.29, 0.717) is 0 Å². The number of hydrogen-bond donors (Lipinski definition) is 2. The van der Waals surface area contributed by atoms with Crippen molar-refractivity contribution in [3.05, 3.63) is 34.9 Å². The van der Waals surface area contributed by atoms with Gasteiger partial charge in [-0.3, -0.25) is 4.79 Å². The summed E-state index contributed by atoms with van der Waals surface area (Å²) in [6.07, 6.45) is 0. The molecule has 0 saturated carbocycles. The van der Waals surface area contributed by atoms with E-state index in [1.807, 2.05) is 0 Å². The first-order valence-electron chi connectivity index (χ1n) is 5.21. The third-order valence-electron chi connectivity index (χ3n) is 2.48. The highest BCUT2D eigenvalue weighted by Gasteiger charge is 2.23. The minimum Gasteiger partial charge on any atom is -0.480 e. The number of carbonyl (C=O) groups excluding carboxylic acids is 2. The highest BCUT2D eigenvalue weighted by Crippen LogP contribution is 2.20. The standard InChI is InChI=1S/C12H13NO6/c1-18-11(16)6-3-4-7(12(17)19-2)8(5-6)9(13)10(14)15/h3-5,9H,13H2,1-2H3,(H,14,15)/t9-/m0/s1. The average Bonchev–Trinajstić information content (AvgIpc) is 2.43. The molecule has 0 amide bonds. The van der Waals surface area contributed by atoms with Crippen molar-refractivity contribution in [1.82, 2.24) is 0 Å². The lowest BCUT2D eigenvalue weighted by molar-refractivity contribution is -0.138. The second-order valence-corrected chi connectivity index (χ2v) is 3.60. The molecule has 0 fully saturated rings. The number of carboxylic acids is 1. The fourth-order valence-electron chi connectivity index (χ4n) is 1.49. The predicted molar refractivity (Wildman–Crippen MR) is 63.7 cm³/mol. The molecule has 0 radical (unpaired) electrons. The molecule has 0 aliphatic heterocycles. The third kappa shape index (κ3) is 3.08. The molecule has 0 spiro atoms. The van der Waals surface area contributed by atoms with E-state index in [1.165, 1.54) is 25.3 Å². The summed E-state index contributed by atoms with van der Waals surface area (Å²) in [4.78, 5) is 33.8. The quantitative estimate of drug-likeness (QED) is 0.756. The molecule has 0 aliphatic rings. The molecule has 0 unspecified atom stereocenters. The van der Waals surface area contributed by atoms with Crippen molar-refractivity contribution in [3.8, 4) is 0 Å². The molecule has 1 rings (SSSR count). The smallest absolute Gasteiger partial charge is 0.338 e. The molecule has 0 aliphatic carbocycles. The topological polar surface area (TPSA) is 116 Å². The number of carbonyl (C=O) groups is 3. The SMILES string of the molecule is COC(=O)c1ccc(C(=O)OC)c([C@H](N)C(=O)O)c1. The molecular formula is C12H13NO6. The number of esters is 2. The molecule has 102 valence electrons. The highest BCUT2D eigenvalue weighted by molar-refractivity contribution is 5.96. The Balaban J connectivity index is 3.38. The number of methoxy groups -OCH3 is 2. The van der Waals surface area contributed by atoms with Crippen LogP contribution < -0.4 is 5.73 Å². The van der Waals surface area contributed by atoms with Crippen LogP contribution in [0.3, 0.4) is 0 Å². The van der Waals surface area contributed by atoms with Gasteiger partial charge in [0, 0.05) is 0 Å². The van der Waals surface area contributed by atoms with Crippen LogP contribution in [0.2, 0.25) is 0 Å². The van der Waals surface area contributed by atoms with Crippen molar-refractivity contribution in [2.45, 2.75) is 6.04 Å². The van der Waals surface area contributed by atoms with Crippen LogP contribution in [0.15, 0.2) is 18.2 Å². The van der Waals surface area contributed by atoms with Gasteiger partial charge in [0.2, 0.25) is 0 Å². The number of hydrogen-bond acceptors (Lipinski definition) is 6. The van der Waals surface area contributed by atoms with Gasteiger partial charge in [0.1, 0.15) is 6.04 Å². The maximum Gasteiger partial charge on any atom is 0.338 e. The summed E-state index contributed by atoms with van der Waals surface area (Å²) in [6, 6.07) is 2.36. The second kappa shape index (κ2) is 5.96. The lowest BCUT2D eigenvalue weighted by Crippen LogP contribution is -2.24. The molecule has 0 aromatic heterocycles. The third-order valence-corrected chi connectivity index (χ3v) is 2.48. The molecule has 7 nitrogen and oxygen atoms in total. The van der Waals surface area contributed by atoms with Gasteiger partial charge < -0.3 is 20.3 Å². The molecule has 7 heteroatoms. The van der Waals surface area contributed by atoms with Crippen molar-refractivity contribution in [1.29, 1.82) is 0 Å². The first kappa shape index (κ1) is 14.7. The Kier molecular flexibility index (Phi) is 4.60. The minimum absolute atomic E-state index is 0.00921. The van der Waals surface area contributed by atoms with Crippen LogP contribution in [0.5, 0.6) is 0 Å². The molecular weight excluding hydrogens is 254 g/mol. The van der Waals surface area contributed by atoms with Crippen LogP contribution >= 0.6 is 0 Å². The summed E-state index contributed by atoms with van der Waals surface area (Å²) in [5, 5.41) is 8.91. The highest BCUT2D eigenvalue weighted by atomic mass is 16.5. The zero-order chi connectivity index (χ0) is 14.6. The Morgan fingerprint density at radius 2 is 1.74 bits per heavy atom. The fraction of sp³-hybridized carbons (Fsp3) is 0.250. The van der Waals surface area contributed by atoms with Crippen LogP contribution in [0.4, 0.5) is 0 Å². The summed E-state index contributed by atoms with van der Waals surface area (Å²) in [7, 11) is 2.35. The Bertz CT molecular complexity index is 525. The van der Waals surface area contributed by atoms with E-state index in [9.17, 15) is 14.4 Å². The van der Waals surface area contributed by atoms with Gasteiger partial charge in [0.15, 0.2) is 0 Å². The Labute approximate surface area is 108 Å². The summed E-state index contributed by atoms with van der Waals surface area (Å²) < 4.78 is 9.04. The van der Waals surface area contributed by atoms with Crippen molar-refractivity contribution in [2.75, 3.05) is 14.2 Å². The van der Waals surface area contributed by atoms with E-state index < -0.39 is 23.9 Å². The zero-order valence-electron chi connectivity index (χ0n) is 10.4. The lowest BCUT2D eigenvalue weighted by Gasteiger charge is -2.13. The van der Waals surface area contributed by atoms with Crippen LogP contribution in [0, 0.1) is 0 Å². The van der Waals surface area contributed by atoms with Crippen LogP contribution in [-0.2, 0) is 14.3 Å². The maximum atomic E-state index is 11.5. The largest absolute Gasteiger partial charge is 0.480 e. The molecule has 0 bridgehead atoms. The number of aliphatic carboxylic acids is 1. The average molecular weight is 267 g/mol. The number of rotatable bonds is 4. The van der Waals surface area contributed by atoms with Gasteiger partial charge in [-0.05, 0) is 23.8 Å².